The summed E-state index contributed by atoms with van der Waals surface area (Å²) in [6, 6.07) is 0. The summed E-state index contributed by atoms with van der Waals surface area (Å²) < 4.78 is 22.2. The average molecular weight is 561 g/mol. The molecule has 0 aromatic carbocycles. The van der Waals surface area contributed by atoms with Crippen molar-refractivity contribution in [2.75, 3.05) is 102 Å². The molecule has 0 aromatic heterocycles. The zero-order valence-corrected chi connectivity index (χ0v) is 20.0. The number of rotatable bonds is 10. The second-order valence-electron chi connectivity index (χ2n) is 3.58. The van der Waals surface area contributed by atoms with E-state index >= 15 is 0 Å². The van der Waals surface area contributed by atoms with Gasteiger partial charge in [0.05, 0.1) is 66.1 Å². The summed E-state index contributed by atoms with van der Waals surface area (Å²) in [6.07, 6.45) is 0. The summed E-state index contributed by atoms with van der Waals surface area (Å²) in [6.45, 7) is 2.83. The fourth-order valence-corrected chi connectivity index (χ4v) is 0.456. The second-order valence-corrected chi connectivity index (χ2v) is 3.58. The van der Waals surface area contributed by atoms with Gasteiger partial charge in [0.25, 0.3) is 0 Å². The Morgan fingerprint density at radius 1 is 0.385 bits per heavy atom. The van der Waals surface area contributed by atoms with E-state index in [9.17, 15) is 0 Å². The minimum Gasteiger partial charge on any atom is -0.394 e. The molecule has 10 nitrogen and oxygen atoms in total. The van der Waals surface area contributed by atoms with Crippen LogP contribution in [-0.2, 0) is 46.1 Å². The minimum absolute atomic E-state index is 0. The third-order valence-corrected chi connectivity index (χ3v) is 1.48. The molecule has 0 atom stereocenters. The van der Waals surface area contributed by atoms with Crippen LogP contribution in [-0.4, -0.2) is 127 Å². The summed E-state index contributed by atoms with van der Waals surface area (Å²) >= 11 is 0. The molecule has 165 valence electrons. The molecule has 0 heterocycles. The van der Waals surface area contributed by atoms with Gasteiger partial charge in [-0.05, 0) is 0 Å². The number of hydrogen-bond acceptors (Lipinski definition) is 10. The molecule has 0 rings (SSSR count). The van der Waals surface area contributed by atoms with Gasteiger partial charge < -0.3 is 49.2 Å². The molecule has 0 fully saturated rings. The summed E-state index contributed by atoms with van der Waals surface area (Å²) in [5, 5.41) is 39.7. The molecule has 1 radical (unpaired) electrons. The van der Waals surface area contributed by atoms with Crippen LogP contribution >= 0.6 is 0 Å². The van der Waals surface area contributed by atoms with Crippen molar-refractivity contribution in [3.8, 4) is 0 Å². The molecular weight excluding hydrogens is 521 g/mol. The summed E-state index contributed by atoms with van der Waals surface area (Å²) in [4.78, 5) is 0. The van der Waals surface area contributed by atoms with E-state index in [0.717, 1.165) is 0 Å². The Labute approximate surface area is 173 Å². The monoisotopic (exact) mass is 561 g/mol. The van der Waals surface area contributed by atoms with Crippen molar-refractivity contribution in [3.05, 3.63) is 0 Å². The molecule has 0 saturated heterocycles. The smallest absolute Gasteiger partial charge is 0.0693 e. The Hall–Kier alpha value is 0.340. The van der Waals surface area contributed by atoms with Gasteiger partial charge in [0, 0.05) is 57.9 Å². The van der Waals surface area contributed by atoms with Gasteiger partial charge in [-0.15, -0.1) is 0 Å². The normalized spacial score (nSPS) is 8.08. The van der Waals surface area contributed by atoms with Gasteiger partial charge in [-0.1, -0.05) is 0 Å². The summed E-state index contributed by atoms with van der Waals surface area (Å²) in [5.41, 5.74) is 0. The molecule has 0 amide bonds. The molecule has 5 N–H and O–H groups in total. The molecule has 0 bridgehead atoms. The van der Waals surface area contributed by atoms with Crippen LogP contribution in [0, 0.1) is 0 Å². The fraction of sp³-hybridized carbons (Fsp3) is 1.00. The number of aliphatic hydroxyl groups excluding tert-OH is 5. The Morgan fingerprint density at radius 3 is 0.500 bits per heavy atom. The first kappa shape index (κ1) is 40.9. The molecule has 0 saturated carbocycles. The SMILES string of the molecule is COCCO.COCCO.COCCO.COCCO.COCCO.[Ta]. The zero-order chi connectivity index (χ0) is 20.6. The van der Waals surface area contributed by atoms with Gasteiger partial charge in [-0.2, -0.15) is 0 Å². The second kappa shape index (κ2) is 63.8. The van der Waals surface area contributed by atoms with Gasteiger partial charge in [0.2, 0.25) is 0 Å². The Balaban J connectivity index is -0.0000000476. The largest absolute Gasteiger partial charge is 0.394 e. The van der Waals surface area contributed by atoms with Crippen LogP contribution in [0.1, 0.15) is 0 Å². The average Bonchev–Trinajstić information content (AvgIpc) is 2.61. The topological polar surface area (TPSA) is 147 Å². The molecule has 0 aliphatic heterocycles. The minimum atomic E-state index is 0. The van der Waals surface area contributed by atoms with E-state index in [4.69, 9.17) is 25.5 Å². The van der Waals surface area contributed by atoms with Crippen molar-refractivity contribution in [2.45, 2.75) is 0 Å². The molecule has 0 unspecified atom stereocenters. The first-order valence-electron chi connectivity index (χ1n) is 7.57. The van der Waals surface area contributed by atoms with Crippen LogP contribution in [0.25, 0.3) is 0 Å². The molecule has 11 heteroatoms. The van der Waals surface area contributed by atoms with E-state index in [1.807, 2.05) is 0 Å². The van der Waals surface area contributed by atoms with Gasteiger partial charge in [0.1, 0.15) is 0 Å². The predicted molar refractivity (Wildman–Crippen MR) is 94.8 cm³/mol. The van der Waals surface area contributed by atoms with Crippen molar-refractivity contribution >= 4 is 0 Å². The van der Waals surface area contributed by atoms with Gasteiger partial charge in [0.15, 0.2) is 0 Å². The molecule has 0 spiro atoms. The Bertz CT molecular complexity index is 103. The quantitative estimate of drug-likeness (QED) is 0.206. The first-order chi connectivity index (χ1) is 12.1. The summed E-state index contributed by atoms with van der Waals surface area (Å²) in [7, 11) is 7.76. The fourth-order valence-electron chi connectivity index (χ4n) is 0.456. The van der Waals surface area contributed by atoms with Crippen LogP contribution in [0.4, 0.5) is 0 Å². The first-order valence-corrected chi connectivity index (χ1v) is 7.57. The van der Waals surface area contributed by atoms with E-state index in [0.29, 0.717) is 33.0 Å². The van der Waals surface area contributed by atoms with E-state index in [2.05, 4.69) is 23.7 Å². The maximum atomic E-state index is 7.94. The number of ether oxygens (including phenoxy) is 5. The van der Waals surface area contributed by atoms with E-state index in [-0.39, 0.29) is 55.4 Å². The van der Waals surface area contributed by atoms with Crippen molar-refractivity contribution in [3.63, 3.8) is 0 Å². The Morgan fingerprint density at radius 2 is 0.500 bits per heavy atom. The molecular formula is C15H40O10Ta. The maximum Gasteiger partial charge on any atom is 0.0693 e. The van der Waals surface area contributed by atoms with E-state index in [1.54, 1.807) is 35.5 Å². The van der Waals surface area contributed by atoms with Gasteiger partial charge in [-0.25, -0.2) is 0 Å². The van der Waals surface area contributed by atoms with Crippen molar-refractivity contribution in [2.24, 2.45) is 0 Å². The van der Waals surface area contributed by atoms with Crippen molar-refractivity contribution in [1.29, 1.82) is 0 Å². The third kappa shape index (κ3) is 124. The number of hydrogen-bond donors (Lipinski definition) is 5. The predicted octanol–water partition coefficient (Wildman–Crippen LogP) is -1.88. The molecule has 0 aliphatic carbocycles. The van der Waals surface area contributed by atoms with Crippen molar-refractivity contribution < 1.29 is 71.6 Å². The van der Waals surface area contributed by atoms with Crippen LogP contribution in [0.5, 0.6) is 0 Å². The van der Waals surface area contributed by atoms with Crippen LogP contribution in [0.2, 0.25) is 0 Å². The van der Waals surface area contributed by atoms with Gasteiger partial charge >= 0.3 is 0 Å². The molecule has 26 heavy (non-hydrogen) atoms. The Kier molecular flexibility index (Phi) is 100. The zero-order valence-electron chi connectivity index (χ0n) is 16.8. The maximum absolute atomic E-state index is 7.94. The van der Waals surface area contributed by atoms with Crippen LogP contribution in [0.3, 0.4) is 0 Å². The van der Waals surface area contributed by atoms with Crippen molar-refractivity contribution in [1.82, 2.24) is 0 Å². The van der Waals surface area contributed by atoms with Crippen LogP contribution < -0.4 is 0 Å². The molecule has 0 aromatic rings. The number of aliphatic hydroxyl groups is 5. The third-order valence-electron chi connectivity index (χ3n) is 1.48. The number of methoxy groups -OCH3 is 5. The standard InChI is InChI=1S/5C3H8O2.Ta/c5*1-5-3-2-4;/h5*4H,2-3H2,1H3;. The van der Waals surface area contributed by atoms with E-state index in [1.165, 1.54) is 0 Å². The molecule has 0 aliphatic rings. The summed E-state index contributed by atoms with van der Waals surface area (Å²) in [5.74, 6) is 0. The van der Waals surface area contributed by atoms with E-state index < -0.39 is 0 Å². The van der Waals surface area contributed by atoms with Gasteiger partial charge in [-0.3, -0.25) is 0 Å². The van der Waals surface area contributed by atoms with Crippen LogP contribution in [0.15, 0.2) is 0 Å².